The van der Waals surface area contributed by atoms with Gasteiger partial charge in [-0.25, -0.2) is 9.97 Å². The third kappa shape index (κ3) is 2.52. The molecular weight excluding hydrogens is 208 g/mol. The molecule has 0 aliphatic heterocycles. The molecule has 0 aliphatic carbocycles. The van der Waals surface area contributed by atoms with Crippen molar-refractivity contribution in [3.8, 4) is 11.3 Å². The van der Waals surface area contributed by atoms with E-state index in [2.05, 4.69) is 55.0 Å². The molecule has 0 saturated carbocycles. The molecule has 17 heavy (non-hydrogen) atoms. The predicted molar refractivity (Wildman–Crippen MR) is 71.1 cm³/mol. The molecule has 0 atom stereocenters. The Labute approximate surface area is 103 Å². The van der Waals surface area contributed by atoms with Crippen LogP contribution in [0.15, 0.2) is 24.3 Å². The van der Waals surface area contributed by atoms with Crippen LogP contribution >= 0.6 is 0 Å². The highest BCUT2D eigenvalue weighted by Gasteiger charge is 2.06. The zero-order valence-electron chi connectivity index (χ0n) is 10.9. The van der Waals surface area contributed by atoms with Gasteiger partial charge < -0.3 is 0 Å². The molecule has 0 spiro atoms. The fourth-order valence-electron chi connectivity index (χ4n) is 1.94. The van der Waals surface area contributed by atoms with Gasteiger partial charge in [-0.1, -0.05) is 24.6 Å². The summed E-state index contributed by atoms with van der Waals surface area (Å²) in [4.78, 5) is 9.03. The molecule has 0 N–H and O–H groups in total. The smallest absolute Gasteiger partial charge is 0.128 e. The minimum atomic E-state index is 0.875. The molecule has 0 fully saturated rings. The van der Waals surface area contributed by atoms with E-state index in [0.29, 0.717) is 0 Å². The quantitative estimate of drug-likeness (QED) is 0.781. The van der Waals surface area contributed by atoms with Crippen molar-refractivity contribution in [2.75, 3.05) is 0 Å². The van der Waals surface area contributed by atoms with E-state index in [9.17, 15) is 0 Å². The summed E-state index contributed by atoms with van der Waals surface area (Å²) in [5, 5.41) is 0. The minimum Gasteiger partial charge on any atom is -0.238 e. The maximum atomic E-state index is 4.61. The average Bonchev–Trinajstić information content (AvgIpc) is 2.31. The van der Waals surface area contributed by atoms with E-state index in [4.69, 9.17) is 0 Å². The lowest BCUT2D eigenvalue weighted by Gasteiger charge is -2.08. The van der Waals surface area contributed by atoms with Crippen LogP contribution < -0.4 is 0 Å². The molecule has 1 aromatic carbocycles. The van der Waals surface area contributed by atoms with Crippen LogP contribution in [0.3, 0.4) is 0 Å². The summed E-state index contributed by atoms with van der Waals surface area (Å²) in [5.74, 6) is 0.918. The van der Waals surface area contributed by atoms with Crippen molar-refractivity contribution in [2.24, 2.45) is 0 Å². The van der Waals surface area contributed by atoms with Gasteiger partial charge in [-0.2, -0.15) is 0 Å². The predicted octanol–water partition coefficient (Wildman–Crippen LogP) is 3.63. The van der Waals surface area contributed by atoms with Crippen molar-refractivity contribution in [1.82, 2.24) is 9.97 Å². The Balaban J connectivity index is 2.59. The molecule has 0 aliphatic rings. The number of benzene rings is 1. The monoisotopic (exact) mass is 226 g/mol. The molecule has 1 aromatic heterocycles. The number of rotatable bonds is 2. The first-order valence-electron chi connectivity index (χ1n) is 6.02. The normalized spacial score (nSPS) is 10.6. The molecule has 2 nitrogen and oxygen atoms in total. The Bertz CT molecular complexity index is 545. The van der Waals surface area contributed by atoms with E-state index in [0.717, 1.165) is 23.6 Å². The topological polar surface area (TPSA) is 25.8 Å². The fourth-order valence-corrected chi connectivity index (χ4v) is 1.94. The number of aromatic nitrogens is 2. The minimum absolute atomic E-state index is 0.875. The fraction of sp³-hybridized carbons (Fsp3) is 0.333. The summed E-state index contributed by atoms with van der Waals surface area (Å²) in [7, 11) is 0. The van der Waals surface area contributed by atoms with Crippen LogP contribution in [0.25, 0.3) is 11.3 Å². The largest absolute Gasteiger partial charge is 0.238 e. The number of hydrogen-bond acceptors (Lipinski definition) is 2. The van der Waals surface area contributed by atoms with Crippen LogP contribution in [-0.4, -0.2) is 9.97 Å². The number of aryl methyl sites for hydroxylation is 4. The lowest BCUT2D eigenvalue weighted by molar-refractivity contribution is 0.921. The molecule has 0 radical (unpaired) electrons. The van der Waals surface area contributed by atoms with Crippen molar-refractivity contribution >= 4 is 0 Å². The maximum Gasteiger partial charge on any atom is 0.128 e. The summed E-state index contributed by atoms with van der Waals surface area (Å²) in [6, 6.07) is 8.53. The van der Waals surface area contributed by atoms with Gasteiger partial charge in [-0.3, -0.25) is 0 Å². The lowest BCUT2D eigenvalue weighted by atomic mass is 10.0. The Morgan fingerprint density at radius 3 is 2.47 bits per heavy atom. The zero-order chi connectivity index (χ0) is 12.4. The summed E-state index contributed by atoms with van der Waals surface area (Å²) >= 11 is 0. The van der Waals surface area contributed by atoms with Gasteiger partial charge in [-0.15, -0.1) is 0 Å². The Morgan fingerprint density at radius 1 is 1.00 bits per heavy atom. The second kappa shape index (κ2) is 4.66. The van der Waals surface area contributed by atoms with Crippen molar-refractivity contribution in [3.05, 3.63) is 46.9 Å². The molecule has 0 saturated heterocycles. The third-order valence-corrected chi connectivity index (χ3v) is 2.89. The number of nitrogens with zero attached hydrogens (tertiary/aromatic N) is 2. The van der Waals surface area contributed by atoms with Crippen LogP contribution in [0.5, 0.6) is 0 Å². The first-order valence-corrected chi connectivity index (χ1v) is 6.02. The second-order valence-corrected chi connectivity index (χ2v) is 4.48. The van der Waals surface area contributed by atoms with E-state index < -0.39 is 0 Å². The molecule has 2 heteroatoms. The van der Waals surface area contributed by atoms with Crippen molar-refractivity contribution in [2.45, 2.75) is 34.1 Å². The molecule has 88 valence electrons. The van der Waals surface area contributed by atoms with Crippen LogP contribution in [0.2, 0.25) is 0 Å². The molecular formula is C15H18N2. The van der Waals surface area contributed by atoms with Gasteiger partial charge in [0.25, 0.3) is 0 Å². The Morgan fingerprint density at radius 2 is 1.76 bits per heavy atom. The van der Waals surface area contributed by atoms with Crippen molar-refractivity contribution < 1.29 is 0 Å². The second-order valence-electron chi connectivity index (χ2n) is 4.48. The molecule has 0 unspecified atom stereocenters. The molecule has 1 heterocycles. The average molecular weight is 226 g/mol. The Kier molecular flexibility index (Phi) is 3.23. The summed E-state index contributed by atoms with van der Waals surface area (Å²) in [5.41, 5.74) is 5.81. The van der Waals surface area contributed by atoms with Crippen molar-refractivity contribution in [3.63, 3.8) is 0 Å². The van der Waals surface area contributed by atoms with Gasteiger partial charge in [0, 0.05) is 17.7 Å². The van der Waals surface area contributed by atoms with Crippen LogP contribution in [-0.2, 0) is 6.42 Å². The maximum absolute atomic E-state index is 4.61. The number of hydrogen-bond donors (Lipinski definition) is 0. The molecule has 2 aromatic rings. The van der Waals surface area contributed by atoms with E-state index in [1.165, 1.54) is 16.7 Å². The summed E-state index contributed by atoms with van der Waals surface area (Å²) in [6.45, 7) is 8.34. The van der Waals surface area contributed by atoms with E-state index in [-0.39, 0.29) is 0 Å². The highest BCUT2D eigenvalue weighted by Crippen LogP contribution is 2.23. The van der Waals surface area contributed by atoms with Crippen LogP contribution in [0, 0.1) is 20.8 Å². The Hall–Kier alpha value is -1.70. The van der Waals surface area contributed by atoms with Gasteiger partial charge in [-0.05, 0) is 38.5 Å². The highest BCUT2D eigenvalue weighted by atomic mass is 14.9. The van der Waals surface area contributed by atoms with Gasteiger partial charge in [0.2, 0.25) is 0 Å². The molecule has 0 amide bonds. The van der Waals surface area contributed by atoms with Gasteiger partial charge in [0.15, 0.2) is 0 Å². The van der Waals surface area contributed by atoms with E-state index in [1.807, 2.05) is 6.92 Å². The van der Waals surface area contributed by atoms with E-state index >= 15 is 0 Å². The summed E-state index contributed by atoms with van der Waals surface area (Å²) < 4.78 is 0. The first-order chi connectivity index (χ1) is 8.10. The van der Waals surface area contributed by atoms with Gasteiger partial charge in [0.05, 0.1) is 5.69 Å². The SMILES string of the molecule is CCc1nc(C)cc(-c2cc(C)ccc2C)n1. The van der Waals surface area contributed by atoms with Gasteiger partial charge >= 0.3 is 0 Å². The third-order valence-electron chi connectivity index (χ3n) is 2.89. The lowest BCUT2D eigenvalue weighted by Crippen LogP contribution is -1.98. The summed E-state index contributed by atoms with van der Waals surface area (Å²) in [6.07, 6.45) is 0.875. The van der Waals surface area contributed by atoms with Crippen LogP contribution in [0.4, 0.5) is 0 Å². The highest BCUT2D eigenvalue weighted by molar-refractivity contribution is 5.64. The molecule has 2 rings (SSSR count). The van der Waals surface area contributed by atoms with Crippen LogP contribution in [0.1, 0.15) is 29.6 Å². The standard InChI is InChI=1S/C15H18N2/c1-5-15-16-12(4)9-14(17-15)13-8-10(2)6-7-11(13)3/h6-9H,5H2,1-4H3. The zero-order valence-corrected chi connectivity index (χ0v) is 10.9. The first kappa shape index (κ1) is 11.8. The molecule has 0 bridgehead atoms. The van der Waals surface area contributed by atoms with Gasteiger partial charge in [0.1, 0.15) is 5.82 Å². The van der Waals surface area contributed by atoms with E-state index in [1.54, 1.807) is 0 Å². The van der Waals surface area contributed by atoms with Crippen molar-refractivity contribution in [1.29, 1.82) is 0 Å².